The van der Waals surface area contributed by atoms with Gasteiger partial charge in [0.1, 0.15) is 0 Å². The van der Waals surface area contributed by atoms with E-state index in [2.05, 4.69) is 0 Å². The highest BCUT2D eigenvalue weighted by atomic mass is 32.2. The van der Waals surface area contributed by atoms with Crippen molar-refractivity contribution in [3.05, 3.63) is 29.3 Å². The maximum absolute atomic E-state index is 11.9. The zero-order valence-electron chi connectivity index (χ0n) is 10.9. The topological polar surface area (TPSA) is 127 Å². The van der Waals surface area contributed by atoms with Gasteiger partial charge in [0.05, 0.1) is 10.5 Å². The van der Waals surface area contributed by atoms with Crippen molar-refractivity contribution in [1.82, 2.24) is 4.72 Å². The molecule has 1 aromatic carbocycles. The molecular formula is C12H16N2O5S. The lowest BCUT2D eigenvalue weighted by molar-refractivity contribution is 0.0696. The minimum Gasteiger partial charge on any atom is -0.478 e. The van der Waals surface area contributed by atoms with Gasteiger partial charge in [0, 0.05) is 0 Å². The van der Waals surface area contributed by atoms with Crippen molar-refractivity contribution in [3.63, 3.8) is 0 Å². The molecule has 0 aromatic heterocycles. The first-order chi connectivity index (χ1) is 9.27. The van der Waals surface area contributed by atoms with Crippen LogP contribution < -0.4 is 10.5 Å². The van der Waals surface area contributed by atoms with Gasteiger partial charge < -0.3 is 10.8 Å². The molecule has 0 aliphatic heterocycles. The quantitative estimate of drug-likeness (QED) is 0.724. The van der Waals surface area contributed by atoms with E-state index in [1.807, 2.05) is 6.92 Å². The van der Waals surface area contributed by atoms with Crippen LogP contribution in [0.15, 0.2) is 23.1 Å². The van der Waals surface area contributed by atoms with Crippen LogP contribution in [0.25, 0.3) is 0 Å². The number of hydrogen-bond acceptors (Lipinski definition) is 4. The van der Waals surface area contributed by atoms with E-state index in [4.69, 9.17) is 10.8 Å². The van der Waals surface area contributed by atoms with Gasteiger partial charge in [-0.05, 0) is 36.6 Å². The summed E-state index contributed by atoms with van der Waals surface area (Å²) in [5.41, 5.74) is 5.16. The average Bonchev–Trinajstić information content (AvgIpc) is 2.34. The highest BCUT2D eigenvalue weighted by Crippen LogP contribution is 2.20. The highest BCUT2D eigenvalue weighted by Gasteiger charge is 2.21. The van der Waals surface area contributed by atoms with Gasteiger partial charge >= 0.3 is 12.0 Å². The first kappa shape index (κ1) is 16.0. The zero-order chi connectivity index (χ0) is 15.3. The average molecular weight is 300 g/mol. The van der Waals surface area contributed by atoms with Crippen molar-refractivity contribution in [2.24, 2.45) is 5.73 Å². The number of hydrogen-bond donors (Lipinski definition) is 3. The van der Waals surface area contributed by atoms with Gasteiger partial charge in [-0.1, -0.05) is 13.3 Å². The van der Waals surface area contributed by atoms with Gasteiger partial charge in [0.15, 0.2) is 0 Å². The van der Waals surface area contributed by atoms with Crippen molar-refractivity contribution in [2.45, 2.75) is 31.1 Å². The number of nitrogens with two attached hydrogens (primary N) is 1. The predicted octanol–water partition coefficient (Wildman–Crippen LogP) is 1.08. The highest BCUT2D eigenvalue weighted by molar-refractivity contribution is 7.90. The number of urea groups is 1. The third-order valence-electron chi connectivity index (χ3n) is 2.63. The molecule has 0 fully saturated rings. The largest absolute Gasteiger partial charge is 0.478 e. The van der Waals surface area contributed by atoms with E-state index >= 15 is 0 Å². The number of sulfonamides is 1. The molecule has 2 amide bonds. The minimum absolute atomic E-state index is 0.00544. The van der Waals surface area contributed by atoms with E-state index in [0.29, 0.717) is 18.4 Å². The number of benzene rings is 1. The second-order valence-corrected chi connectivity index (χ2v) is 5.85. The number of carboxylic acids is 1. The van der Waals surface area contributed by atoms with Crippen molar-refractivity contribution >= 4 is 22.0 Å². The Kier molecular flexibility index (Phi) is 5.09. The molecule has 0 radical (unpaired) electrons. The summed E-state index contributed by atoms with van der Waals surface area (Å²) in [5, 5.41) is 8.93. The molecule has 20 heavy (non-hydrogen) atoms. The zero-order valence-corrected chi connectivity index (χ0v) is 11.7. The maximum Gasteiger partial charge on any atom is 0.335 e. The molecule has 0 aliphatic rings. The summed E-state index contributed by atoms with van der Waals surface area (Å²) < 4.78 is 25.6. The normalized spacial score (nSPS) is 11.1. The van der Waals surface area contributed by atoms with Crippen LogP contribution in [0, 0.1) is 0 Å². The van der Waals surface area contributed by atoms with Crippen molar-refractivity contribution in [2.75, 3.05) is 0 Å². The third kappa shape index (κ3) is 3.95. The number of carbonyl (C=O) groups is 2. The Morgan fingerprint density at radius 1 is 1.35 bits per heavy atom. The standard InChI is InChI=1S/C12H16N2O5S/c1-2-3-4-8-7-9(11(15)16)5-6-10(8)20(18,19)14-12(13)17/h5-7H,2-4H2,1H3,(H,15,16)(H3,13,14,17). The first-order valence-electron chi connectivity index (χ1n) is 5.96. The fourth-order valence-corrected chi connectivity index (χ4v) is 2.85. The lowest BCUT2D eigenvalue weighted by atomic mass is 10.1. The van der Waals surface area contributed by atoms with Gasteiger partial charge in [0.2, 0.25) is 0 Å². The van der Waals surface area contributed by atoms with Crippen LogP contribution in [0.4, 0.5) is 4.79 Å². The lowest BCUT2D eigenvalue weighted by Gasteiger charge is -2.11. The number of rotatable bonds is 6. The van der Waals surface area contributed by atoms with Crippen LogP contribution in [-0.2, 0) is 16.4 Å². The fourth-order valence-electron chi connectivity index (χ4n) is 1.72. The predicted molar refractivity (Wildman–Crippen MR) is 71.9 cm³/mol. The summed E-state index contributed by atoms with van der Waals surface area (Å²) in [6.07, 6.45) is 1.91. The molecule has 7 nitrogen and oxygen atoms in total. The number of carboxylic acid groups (broad SMARTS) is 1. The van der Waals surface area contributed by atoms with Crippen molar-refractivity contribution in [1.29, 1.82) is 0 Å². The number of primary amides is 1. The molecule has 1 rings (SSSR count). The number of aromatic carboxylic acids is 1. The van der Waals surface area contributed by atoms with Gasteiger partial charge in [-0.15, -0.1) is 0 Å². The third-order valence-corrected chi connectivity index (χ3v) is 4.08. The van der Waals surface area contributed by atoms with Crippen LogP contribution in [0.3, 0.4) is 0 Å². The molecule has 0 saturated carbocycles. The summed E-state index contributed by atoms with van der Waals surface area (Å²) in [7, 11) is -4.08. The first-order valence-corrected chi connectivity index (χ1v) is 7.44. The van der Waals surface area contributed by atoms with Gasteiger partial charge in [-0.2, -0.15) is 0 Å². The summed E-state index contributed by atoms with van der Waals surface area (Å²) in [6.45, 7) is 1.93. The van der Waals surface area contributed by atoms with Crippen LogP contribution in [0.2, 0.25) is 0 Å². The number of nitrogens with one attached hydrogen (secondary N) is 1. The SMILES string of the molecule is CCCCc1cc(C(=O)O)ccc1S(=O)(=O)NC(N)=O. The smallest absolute Gasteiger partial charge is 0.335 e. The molecule has 1 aromatic rings. The van der Waals surface area contributed by atoms with E-state index < -0.39 is 22.0 Å². The van der Waals surface area contributed by atoms with Crippen LogP contribution in [0.1, 0.15) is 35.7 Å². The Hall–Kier alpha value is -2.09. The summed E-state index contributed by atoms with van der Waals surface area (Å²) >= 11 is 0. The molecule has 0 aliphatic carbocycles. The van der Waals surface area contributed by atoms with Crippen molar-refractivity contribution < 1.29 is 23.1 Å². The number of unbranched alkanes of at least 4 members (excludes halogenated alkanes) is 1. The molecule has 0 heterocycles. The van der Waals surface area contributed by atoms with Crippen molar-refractivity contribution in [3.8, 4) is 0 Å². The van der Waals surface area contributed by atoms with E-state index in [9.17, 15) is 18.0 Å². The second-order valence-electron chi connectivity index (χ2n) is 4.20. The Bertz CT molecular complexity index is 625. The molecule has 0 unspecified atom stereocenters. The number of amides is 2. The summed E-state index contributed by atoms with van der Waals surface area (Å²) in [4.78, 5) is 21.5. The van der Waals surface area contributed by atoms with Gasteiger partial charge in [-0.3, -0.25) is 0 Å². The van der Waals surface area contributed by atoms with E-state index in [1.165, 1.54) is 18.2 Å². The molecule has 0 bridgehead atoms. The molecule has 8 heteroatoms. The van der Waals surface area contributed by atoms with Crippen LogP contribution in [-0.4, -0.2) is 25.5 Å². The summed E-state index contributed by atoms with van der Waals surface area (Å²) in [5.74, 6) is -1.14. The molecule has 0 saturated heterocycles. The number of carbonyl (C=O) groups excluding carboxylic acids is 1. The molecule has 0 spiro atoms. The molecular weight excluding hydrogens is 284 g/mol. The Morgan fingerprint density at radius 2 is 2.00 bits per heavy atom. The maximum atomic E-state index is 11.9. The molecule has 4 N–H and O–H groups in total. The Balaban J connectivity index is 3.30. The lowest BCUT2D eigenvalue weighted by Crippen LogP contribution is -2.35. The Morgan fingerprint density at radius 3 is 2.50 bits per heavy atom. The fraction of sp³-hybridized carbons (Fsp3) is 0.333. The van der Waals surface area contributed by atoms with E-state index in [1.54, 1.807) is 4.72 Å². The van der Waals surface area contributed by atoms with Crippen LogP contribution >= 0.6 is 0 Å². The van der Waals surface area contributed by atoms with Gasteiger partial charge in [-0.25, -0.2) is 22.7 Å². The summed E-state index contributed by atoms with van der Waals surface area (Å²) in [6, 6.07) is 2.45. The minimum atomic E-state index is -4.08. The Labute approximate surface area is 116 Å². The van der Waals surface area contributed by atoms with Crippen LogP contribution in [0.5, 0.6) is 0 Å². The molecule has 0 atom stereocenters. The monoisotopic (exact) mass is 300 g/mol. The van der Waals surface area contributed by atoms with E-state index in [0.717, 1.165) is 6.42 Å². The molecule has 110 valence electrons. The second kappa shape index (κ2) is 6.38. The van der Waals surface area contributed by atoms with E-state index in [-0.39, 0.29) is 10.5 Å². The number of aryl methyl sites for hydroxylation is 1. The van der Waals surface area contributed by atoms with Gasteiger partial charge in [0.25, 0.3) is 10.0 Å².